The first kappa shape index (κ1) is 17.3. The SMILES string of the molecule is O=C(CSc1nccc(=O)[nH]1)Nc1c(Cl)cc([N+](=O)[O-])cc1Cl. The van der Waals surface area contributed by atoms with Crippen LogP contribution in [0.25, 0.3) is 0 Å². The quantitative estimate of drug-likeness (QED) is 0.359. The minimum atomic E-state index is -0.642. The van der Waals surface area contributed by atoms with Crippen molar-refractivity contribution < 1.29 is 9.72 Å². The van der Waals surface area contributed by atoms with Crippen LogP contribution in [0.2, 0.25) is 10.0 Å². The molecule has 2 aromatic rings. The molecular weight excluding hydrogens is 367 g/mol. The Bertz CT molecular complexity index is 804. The second-order valence-corrected chi connectivity index (χ2v) is 5.90. The molecule has 2 rings (SSSR count). The van der Waals surface area contributed by atoms with Crippen LogP contribution in [0, 0.1) is 10.1 Å². The Labute approximate surface area is 143 Å². The molecule has 8 nitrogen and oxygen atoms in total. The summed E-state index contributed by atoms with van der Waals surface area (Å²) in [7, 11) is 0. The summed E-state index contributed by atoms with van der Waals surface area (Å²) in [5, 5.41) is 13.3. The van der Waals surface area contributed by atoms with Gasteiger partial charge in [-0.25, -0.2) is 4.98 Å². The zero-order valence-corrected chi connectivity index (χ0v) is 13.5. The molecule has 0 atom stereocenters. The van der Waals surface area contributed by atoms with E-state index in [-0.39, 0.29) is 37.9 Å². The van der Waals surface area contributed by atoms with Crippen molar-refractivity contribution in [3.63, 3.8) is 0 Å². The van der Waals surface area contributed by atoms with Crippen LogP contribution < -0.4 is 10.9 Å². The summed E-state index contributed by atoms with van der Waals surface area (Å²) in [6.45, 7) is 0. The normalized spacial score (nSPS) is 10.3. The lowest BCUT2D eigenvalue weighted by molar-refractivity contribution is -0.384. The summed E-state index contributed by atoms with van der Waals surface area (Å²) in [5.74, 6) is -0.518. The number of hydrogen-bond donors (Lipinski definition) is 2. The Hall–Kier alpha value is -2.10. The molecule has 1 aromatic heterocycles. The molecule has 0 aliphatic rings. The Morgan fingerprint density at radius 3 is 2.61 bits per heavy atom. The molecule has 2 N–H and O–H groups in total. The lowest BCUT2D eigenvalue weighted by Gasteiger charge is -2.09. The first-order chi connectivity index (χ1) is 10.9. The first-order valence-electron chi connectivity index (χ1n) is 5.98. The third-order valence-electron chi connectivity index (χ3n) is 2.49. The van der Waals surface area contributed by atoms with Crippen LogP contribution in [0.3, 0.4) is 0 Å². The van der Waals surface area contributed by atoms with Gasteiger partial charge in [-0.3, -0.25) is 19.7 Å². The van der Waals surface area contributed by atoms with E-state index >= 15 is 0 Å². The number of nitro benzene ring substituents is 1. The summed E-state index contributed by atoms with van der Waals surface area (Å²) in [5.41, 5.74) is -0.526. The molecule has 0 aliphatic heterocycles. The number of nitrogens with zero attached hydrogens (tertiary/aromatic N) is 2. The van der Waals surface area contributed by atoms with Gasteiger partial charge in [0.15, 0.2) is 5.16 Å². The number of nitrogens with one attached hydrogen (secondary N) is 2. The van der Waals surface area contributed by atoms with Crippen molar-refractivity contribution in [2.75, 3.05) is 11.1 Å². The van der Waals surface area contributed by atoms with Gasteiger partial charge >= 0.3 is 0 Å². The maximum absolute atomic E-state index is 11.9. The fourth-order valence-corrected chi connectivity index (χ4v) is 2.74. The van der Waals surface area contributed by atoms with Crippen LogP contribution in [0.1, 0.15) is 0 Å². The number of carbonyl (C=O) groups is 1. The van der Waals surface area contributed by atoms with Gasteiger partial charge in [0, 0.05) is 24.4 Å². The van der Waals surface area contributed by atoms with Gasteiger partial charge in [0.1, 0.15) is 0 Å². The number of hydrogen-bond acceptors (Lipinski definition) is 6. The van der Waals surface area contributed by atoms with Crippen LogP contribution in [0.5, 0.6) is 0 Å². The van der Waals surface area contributed by atoms with E-state index in [1.807, 2.05) is 0 Å². The number of anilines is 1. The van der Waals surface area contributed by atoms with Gasteiger partial charge in [0.05, 0.1) is 26.4 Å². The Balaban J connectivity index is 2.05. The van der Waals surface area contributed by atoms with Gasteiger partial charge in [-0.2, -0.15) is 0 Å². The Morgan fingerprint density at radius 1 is 1.39 bits per heavy atom. The number of non-ortho nitro benzene ring substituents is 1. The molecule has 0 saturated heterocycles. The van der Waals surface area contributed by atoms with E-state index in [9.17, 15) is 19.7 Å². The predicted molar refractivity (Wildman–Crippen MR) is 87.3 cm³/mol. The molecule has 1 amide bonds. The molecule has 0 saturated carbocycles. The highest BCUT2D eigenvalue weighted by Crippen LogP contribution is 2.34. The smallest absolute Gasteiger partial charge is 0.272 e. The zero-order chi connectivity index (χ0) is 17.0. The number of aromatic amines is 1. The van der Waals surface area contributed by atoms with Crippen LogP contribution >= 0.6 is 35.0 Å². The number of thioether (sulfide) groups is 1. The molecule has 1 aromatic carbocycles. The third kappa shape index (κ3) is 4.68. The fourth-order valence-electron chi connectivity index (χ4n) is 1.52. The van der Waals surface area contributed by atoms with Crippen molar-refractivity contribution in [1.82, 2.24) is 9.97 Å². The molecule has 0 radical (unpaired) electrons. The van der Waals surface area contributed by atoms with E-state index in [1.165, 1.54) is 12.3 Å². The molecule has 0 fully saturated rings. The van der Waals surface area contributed by atoms with E-state index < -0.39 is 10.8 Å². The minimum Gasteiger partial charge on any atom is -0.323 e. The highest BCUT2D eigenvalue weighted by molar-refractivity contribution is 7.99. The second-order valence-electron chi connectivity index (χ2n) is 4.12. The Morgan fingerprint density at radius 2 is 2.04 bits per heavy atom. The van der Waals surface area contributed by atoms with Crippen LogP contribution in [-0.4, -0.2) is 26.6 Å². The lowest BCUT2D eigenvalue weighted by Crippen LogP contribution is -2.15. The molecule has 23 heavy (non-hydrogen) atoms. The number of benzene rings is 1. The number of rotatable bonds is 5. The summed E-state index contributed by atoms with van der Waals surface area (Å²) >= 11 is 12.8. The van der Waals surface area contributed by atoms with Crippen LogP contribution in [-0.2, 0) is 4.79 Å². The van der Waals surface area contributed by atoms with E-state index in [0.29, 0.717) is 0 Å². The number of nitro groups is 1. The van der Waals surface area contributed by atoms with Gasteiger partial charge < -0.3 is 10.3 Å². The highest BCUT2D eigenvalue weighted by Gasteiger charge is 2.16. The molecule has 0 aliphatic carbocycles. The van der Waals surface area contributed by atoms with Crippen molar-refractivity contribution >= 4 is 52.2 Å². The maximum atomic E-state index is 11.9. The first-order valence-corrected chi connectivity index (χ1v) is 7.72. The van der Waals surface area contributed by atoms with Crippen molar-refractivity contribution in [3.05, 3.63) is 54.9 Å². The van der Waals surface area contributed by atoms with Crippen LogP contribution in [0.4, 0.5) is 11.4 Å². The van der Waals surface area contributed by atoms with E-state index in [2.05, 4.69) is 15.3 Å². The summed E-state index contributed by atoms with van der Waals surface area (Å²) < 4.78 is 0. The maximum Gasteiger partial charge on any atom is 0.272 e. The number of H-pyrrole nitrogens is 1. The van der Waals surface area contributed by atoms with Gasteiger partial charge in [0.2, 0.25) is 5.91 Å². The molecule has 1 heterocycles. The largest absolute Gasteiger partial charge is 0.323 e. The van der Waals surface area contributed by atoms with Gasteiger partial charge in [-0.15, -0.1) is 0 Å². The number of aromatic nitrogens is 2. The lowest BCUT2D eigenvalue weighted by atomic mass is 10.3. The fraction of sp³-hybridized carbons (Fsp3) is 0.0833. The summed E-state index contributed by atoms with van der Waals surface area (Å²) in [6, 6.07) is 3.43. The van der Waals surface area contributed by atoms with Crippen molar-refractivity contribution in [2.24, 2.45) is 0 Å². The van der Waals surface area contributed by atoms with E-state index in [0.717, 1.165) is 23.9 Å². The predicted octanol–water partition coefficient (Wildman–Crippen LogP) is 2.72. The minimum absolute atomic E-state index is 0.0474. The molecule has 0 bridgehead atoms. The average molecular weight is 375 g/mol. The molecular formula is C12H8Cl2N4O4S. The number of halogens is 2. The van der Waals surface area contributed by atoms with Crippen molar-refractivity contribution in [1.29, 1.82) is 0 Å². The number of carbonyl (C=O) groups excluding carboxylic acids is 1. The van der Waals surface area contributed by atoms with Crippen molar-refractivity contribution in [2.45, 2.75) is 5.16 Å². The summed E-state index contributed by atoms with van der Waals surface area (Å²) in [6.07, 6.45) is 1.32. The topological polar surface area (TPSA) is 118 Å². The second kappa shape index (κ2) is 7.44. The van der Waals surface area contributed by atoms with Gasteiger partial charge in [-0.1, -0.05) is 35.0 Å². The molecule has 11 heteroatoms. The van der Waals surface area contributed by atoms with Gasteiger partial charge in [-0.05, 0) is 0 Å². The standard InChI is InChI=1S/C12H8Cl2N4O4S/c13-7-3-6(18(21)22)4-8(14)11(7)16-10(20)5-23-12-15-2-1-9(19)17-12/h1-4H,5H2,(H,16,20)(H,15,17,19). The average Bonchev–Trinajstić information content (AvgIpc) is 2.48. The van der Waals surface area contributed by atoms with Gasteiger partial charge in [0.25, 0.3) is 11.2 Å². The van der Waals surface area contributed by atoms with E-state index in [1.54, 1.807) is 0 Å². The highest BCUT2D eigenvalue weighted by atomic mass is 35.5. The monoisotopic (exact) mass is 374 g/mol. The summed E-state index contributed by atoms with van der Waals surface area (Å²) in [4.78, 5) is 39.4. The molecule has 0 unspecified atom stereocenters. The zero-order valence-electron chi connectivity index (χ0n) is 11.2. The third-order valence-corrected chi connectivity index (χ3v) is 3.97. The van der Waals surface area contributed by atoms with E-state index in [4.69, 9.17) is 23.2 Å². The van der Waals surface area contributed by atoms with Crippen molar-refractivity contribution in [3.8, 4) is 0 Å². The Kier molecular flexibility index (Phi) is 5.59. The molecule has 120 valence electrons. The van der Waals surface area contributed by atoms with Crippen LogP contribution in [0.15, 0.2) is 34.3 Å². The number of amides is 1. The molecule has 0 spiro atoms.